The van der Waals surface area contributed by atoms with Crippen LogP contribution in [0.4, 0.5) is 4.39 Å². The minimum atomic E-state index is -0.264. The number of halogens is 2. The molecule has 1 amide bonds. The van der Waals surface area contributed by atoms with Gasteiger partial charge in [-0.25, -0.2) is 4.39 Å². The van der Waals surface area contributed by atoms with Crippen molar-refractivity contribution in [3.8, 4) is 0 Å². The molecule has 25 heavy (non-hydrogen) atoms. The number of nitrogens with zero attached hydrogens (tertiary/aromatic N) is 1. The molecule has 0 fully saturated rings. The second kappa shape index (κ2) is 9.54. The SMILES string of the molecule is CN(C)CCC(NC(=O)CCc1ccc(F)cc1)c1ccc(Cl)cc1. The number of aryl methyl sites for hydroxylation is 1. The van der Waals surface area contributed by atoms with E-state index in [1.54, 1.807) is 12.1 Å². The molecule has 2 rings (SSSR count). The lowest BCUT2D eigenvalue weighted by Crippen LogP contribution is -2.31. The van der Waals surface area contributed by atoms with E-state index in [4.69, 9.17) is 11.6 Å². The van der Waals surface area contributed by atoms with Crippen LogP contribution in [-0.2, 0) is 11.2 Å². The van der Waals surface area contributed by atoms with Crippen LogP contribution >= 0.6 is 11.6 Å². The Morgan fingerprint density at radius 1 is 1.12 bits per heavy atom. The van der Waals surface area contributed by atoms with Crippen molar-refractivity contribution in [3.05, 3.63) is 70.5 Å². The van der Waals surface area contributed by atoms with E-state index in [-0.39, 0.29) is 17.8 Å². The number of carbonyl (C=O) groups is 1. The van der Waals surface area contributed by atoms with Crippen LogP contribution in [0, 0.1) is 5.82 Å². The lowest BCUT2D eigenvalue weighted by atomic mass is 10.0. The number of benzene rings is 2. The number of carbonyl (C=O) groups excluding carboxylic acids is 1. The largest absolute Gasteiger partial charge is 0.349 e. The van der Waals surface area contributed by atoms with Gasteiger partial charge >= 0.3 is 0 Å². The molecule has 0 aliphatic rings. The molecule has 1 N–H and O–H groups in total. The van der Waals surface area contributed by atoms with Gasteiger partial charge in [0.05, 0.1) is 6.04 Å². The summed E-state index contributed by atoms with van der Waals surface area (Å²) in [6.45, 7) is 0.867. The standard InChI is InChI=1S/C20H24ClFN2O/c1-24(2)14-13-19(16-6-8-17(21)9-7-16)23-20(25)12-5-15-3-10-18(22)11-4-15/h3-4,6-11,19H,5,12-14H2,1-2H3,(H,23,25). The van der Waals surface area contributed by atoms with Gasteiger partial charge in [-0.2, -0.15) is 0 Å². The summed E-state index contributed by atoms with van der Waals surface area (Å²) in [6, 6.07) is 13.8. The third kappa shape index (κ3) is 6.85. The molecular formula is C20H24ClFN2O. The summed E-state index contributed by atoms with van der Waals surface area (Å²) < 4.78 is 12.9. The summed E-state index contributed by atoms with van der Waals surface area (Å²) in [6.07, 6.45) is 1.78. The van der Waals surface area contributed by atoms with Gasteiger partial charge in [0, 0.05) is 11.4 Å². The van der Waals surface area contributed by atoms with Crippen LogP contribution in [0.5, 0.6) is 0 Å². The Labute approximate surface area is 153 Å². The fourth-order valence-electron chi connectivity index (χ4n) is 2.58. The monoisotopic (exact) mass is 362 g/mol. The first-order valence-electron chi connectivity index (χ1n) is 8.38. The Morgan fingerprint density at radius 2 is 1.76 bits per heavy atom. The van der Waals surface area contributed by atoms with Crippen molar-refractivity contribution in [2.24, 2.45) is 0 Å². The van der Waals surface area contributed by atoms with Crippen LogP contribution in [-0.4, -0.2) is 31.4 Å². The first-order chi connectivity index (χ1) is 11.9. The van der Waals surface area contributed by atoms with Crippen molar-refractivity contribution in [2.75, 3.05) is 20.6 Å². The van der Waals surface area contributed by atoms with Crippen LogP contribution in [0.1, 0.15) is 30.0 Å². The first kappa shape index (κ1) is 19.4. The van der Waals surface area contributed by atoms with Crippen LogP contribution in [0.25, 0.3) is 0 Å². The molecular weight excluding hydrogens is 339 g/mol. The lowest BCUT2D eigenvalue weighted by molar-refractivity contribution is -0.121. The Kier molecular flexibility index (Phi) is 7.41. The summed E-state index contributed by atoms with van der Waals surface area (Å²) in [5.74, 6) is -0.275. The normalized spacial score (nSPS) is 12.2. The molecule has 2 aromatic carbocycles. The molecule has 0 saturated carbocycles. The fourth-order valence-corrected chi connectivity index (χ4v) is 2.71. The van der Waals surface area contributed by atoms with E-state index < -0.39 is 0 Å². The topological polar surface area (TPSA) is 32.3 Å². The highest BCUT2D eigenvalue weighted by Crippen LogP contribution is 2.20. The average Bonchev–Trinajstić information content (AvgIpc) is 2.59. The molecule has 0 aromatic heterocycles. The maximum atomic E-state index is 12.9. The van der Waals surface area contributed by atoms with Gasteiger partial charge in [0.15, 0.2) is 0 Å². The van der Waals surface area contributed by atoms with Gasteiger partial charge in [-0.05, 0) is 68.9 Å². The van der Waals surface area contributed by atoms with Crippen molar-refractivity contribution in [2.45, 2.75) is 25.3 Å². The summed E-state index contributed by atoms with van der Waals surface area (Å²) in [5.41, 5.74) is 1.99. The molecule has 0 radical (unpaired) electrons. The van der Waals surface area contributed by atoms with E-state index in [2.05, 4.69) is 10.2 Å². The molecule has 5 heteroatoms. The Balaban J connectivity index is 1.95. The van der Waals surface area contributed by atoms with Gasteiger partial charge < -0.3 is 10.2 Å². The second-order valence-corrected chi connectivity index (χ2v) is 6.83. The molecule has 0 bridgehead atoms. The fraction of sp³-hybridized carbons (Fsp3) is 0.350. The molecule has 2 aromatic rings. The molecule has 0 aliphatic carbocycles. The number of amides is 1. The van der Waals surface area contributed by atoms with E-state index in [1.165, 1.54) is 12.1 Å². The number of hydrogen-bond acceptors (Lipinski definition) is 2. The summed E-state index contributed by atoms with van der Waals surface area (Å²) in [5, 5.41) is 3.79. The van der Waals surface area contributed by atoms with Crippen LogP contribution in [0.15, 0.2) is 48.5 Å². The zero-order chi connectivity index (χ0) is 18.2. The number of rotatable bonds is 8. The molecule has 0 aliphatic heterocycles. The smallest absolute Gasteiger partial charge is 0.220 e. The predicted octanol–water partition coefficient (Wildman–Crippen LogP) is 4.22. The van der Waals surface area contributed by atoms with Crippen molar-refractivity contribution in [1.29, 1.82) is 0 Å². The van der Waals surface area contributed by atoms with Crippen molar-refractivity contribution < 1.29 is 9.18 Å². The first-order valence-corrected chi connectivity index (χ1v) is 8.76. The van der Waals surface area contributed by atoms with E-state index in [0.717, 1.165) is 24.1 Å². The second-order valence-electron chi connectivity index (χ2n) is 6.39. The lowest BCUT2D eigenvalue weighted by Gasteiger charge is -2.21. The molecule has 134 valence electrons. The van der Waals surface area contributed by atoms with E-state index in [9.17, 15) is 9.18 Å². The Hall–Kier alpha value is -1.91. The Morgan fingerprint density at radius 3 is 2.36 bits per heavy atom. The van der Waals surface area contributed by atoms with Gasteiger partial charge in [0.1, 0.15) is 5.82 Å². The van der Waals surface area contributed by atoms with Gasteiger partial charge in [0.2, 0.25) is 5.91 Å². The van der Waals surface area contributed by atoms with Gasteiger partial charge in [-0.1, -0.05) is 35.9 Å². The predicted molar refractivity (Wildman–Crippen MR) is 100 cm³/mol. The highest BCUT2D eigenvalue weighted by atomic mass is 35.5. The average molecular weight is 363 g/mol. The maximum absolute atomic E-state index is 12.9. The molecule has 0 heterocycles. The van der Waals surface area contributed by atoms with E-state index in [1.807, 2.05) is 38.4 Å². The van der Waals surface area contributed by atoms with Crippen LogP contribution in [0.2, 0.25) is 5.02 Å². The van der Waals surface area contributed by atoms with Crippen molar-refractivity contribution in [1.82, 2.24) is 10.2 Å². The van der Waals surface area contributed by atoms with Gasteiger partial charge in [0.25, 0.3) is 0 Å². The summed E-state index contributed by atoms with van der Waals surface area (Å²) in [7, 11) is 4.02. The third-order valence-electron chi connectivity index (χ3n) is 4.03. The minimum absolute atomic E-state index is 0.0111. The molecule has 1 unspecified atom stereocenters. The number of nitrogens with one attached hydrogen (secondary N) is 1. The highest BCUT2D eigenvalue weighted by molar-refractivity contribution is 6.30. The molecule has 0 spiro atoms. The zero-order valence-corrected chi connectivity index (χ0v) is 15.4. The molecule has 1 atom stereocenters. The van der Waals surface area contributed by atoms with Crippen LogP contribution in [0.3, 0.4) is 0 Å². The molecule has 3 nitrogen and oxygen atoms in total. The van der Waals surface area contributed by atoms with Gasteiger partial charge in [-0.3, -0.25) is 4.79 Å². The summed E-state index contributed by atoms with van der Waals surface area (Å²) in [4.78, 5) is 14.4. The minimum Gasteiger partial charge on any atom is -0.349 e. The highest BCUT2D eigenvalue weighted by Gasteiger charge is 2.15. The van der Waals surface area contributed by atoms with Crippen LogP contribution < -0.4 is 5.32 Å². The van der Waals surface area contributed by atoms with E-state index >= 15 is 0 Å². The quantitative estimate of drug-likeness (QED) is 0.762. The van der Waals surface area contributed by atoms with E-state index in [0.29, 0.717) is 17.9 Å². The van der Waals surface area contributed by atoms with Gasteiger partial charge in [-0.15, -0.1) is 0 Å². The Bertz CT molecular complexity index is 671. The molecule has 0 saturated heterocycles. The maximum Gasteiger partial charge on any atom is 0.220 e. The van der Waals surface area contributed by atoms with Crippen molar-refractivity contribution >= 4 is 17.5 Å². The van der Waals surface area contributed by atoms with Crippen molar-refractivity contribution in [3.63, 3.8) is 0 Å². The number of hydrogen-bond donors (Lipinski definition) is 1. The summed E-state index contributed by atoms with van der Waals surface area (Å²) >= 11 is 5.96. The third-order valence-corrected chi connectivity index (χ3v) is 4.28. The zero-order valence-electron chi connectivity index (χ0n) is 14.6.